The first kappa shape index (κ1) is 17.1. The Kier molecular flexibility index (Phi) is 4.02. The number of carbonyl (C=O) groups excluding carboxylic acids is 1. The number of carbonyl (C=O) groups is 1. The molecule has 1 amide bonds. The summed E-state index contributed by atoms with van der Waals surface area (Å²) >= 11 is 0. The van der Waals surface area contributed by atoms with Gasteiger partial charge in [-0.25, -0.2) is 9.50 Å². The molecule has 0 aliphatic carbocycles. The highest BCUT2D eigenvalue weighted by Crippen LogP contribution is 2.32. The highest BCUT2D eigenvalue weighted by atomic mass is 16.7. The number of nitrogens with zero attached hydrogens (tertiary/aromatic N) is 3. The van der Waals surface area contributed by atoms with E-state index in [0.717, 1.165) is 16.9 Å². The molecule has 0 saturated heterocycles. The first-order valence-corrected chi connectivity index (χ1v) is 8.91. The third-order valence-electron chi connectivity index (χ3n) is 4.58. The lowest BCUT2D eigenvalue weighted by Gasteiger charge is -2.07. The van der Waals surface area contributed by atoms with E-state index < -0.39 is 0 Å². The largest absolute Gasteiger partial charge is 0.480 e. The van der Waals surface area contributed by atoms with Gasteiger partial charge in [-0.3, -0.25) is 4.79 Å². The number of fused-ring (bicyclic) bond motifs is 2. The summed E-state index contributed by atoms with van der Waals surface area (Å²) in [5.41, 5.74) is 3.59. The van der Waals surface area contributed by atoms with Crippen molar-refractivity contribution in [2.45, 2.75) is 0 Å². The lowest BCUT2D eigenvalue weighted by molar-refractivity contribution is 0.102. The van der Waals surface area contributed by atoms with Crippen molar-refractivity contribution in [1.29, 1.82) is 0 Å². The van der Waals surface area contributed by atoms with Crippen LogP contribution in [-0.2, 0) is 0 Å². The Hall–Kier alpha value is -4.07. The van der Waals surface area contributed by atoms with Crippen LogP contribution < -0.4 is 19.5 Å². The molecule has 29 heavy (non-hydrogen) atoms. The minimum absolute atomic E-state index is 0.174. The first-order valence-electron chi connectivity index (χ1n) is 8.91. The van der Waals surface area contributed by atoms with Crippen molar-refractivity contribution in [3.05, 3.63) is 66.4 Å². The molecule has 0 saturated carbocycles. The Balaban J connectivity index is 1.34. The van der Waals surface area contributed by atoms with Crippen LogP contribution in [0.15, 0.2) is 60.8 Å². The number of aromatic nitrogens is 3. The van der Waals surface area contributed by atoms with Crippen molar-refractivity contribution in [2.75, 3.05) is 19.2 Å². The predicted molar refractivity (Wildman–Crippen MR) is 105 cm³/mol. The predicted octanol–water partition coefficient (Wildman–Crippen LogP) is 3.39. The zero-order chi connectivity index (χ0) is 19.8. The van der Waals surface area contributed by atoms with Gasteiger partial charge >= 0.3 is 0 Å². The van der Waals surface area contributed by atoms with E-state index in [1.54, 1.807) is 35.9 Å². The first-order chi connectivity index (χ1) is 14.2. The van der Waals surface area contributed by atoms with Gasteiger partial charge in [0.15, 0.2) is 17.1 Å². The quantitative estimate of drug-likeness (QED) is 0.577. The van der Waals surface area contributed by atoms with Gasteiger partial charge in [0, 0.05) is 22.9 Å². The molecule has 0 unspecified atom stereocenters. The molecule has 5 rings (SSSR count). The van der Waals surface area contributed by atoms with E-state index in [9.17, 15) is 4.79 Å². The zero-order valence-electron chi connectivity index (χ0n) is 15.5. The van der Waals surface area contributed by atoms with Crippen LogP contribution in [0, 0.1) is 0 Å². The fourth-order valence-electron chi connectivity index (χ4n) is 3.08. The number of benzene rings is 2. The minimum atomic E-state index is -0.222. The van der Waals surface area contributed by atoms with Crippen LogP contribution in [-0.4, -0.2) is 34.4 Å². The molecule has 2 aromatic carbocycles. The van der Waals surface area contributed by atoms with Gasteiger partial charge in [-0.1, -0.05) is 12.1 Å². The van der Waals surface area contributed by atoms with Gasteiger partial charge in [0.05, 0.1) is 19.0 Å². The fourth-order valence-corrected chi connectivity index (χ4v) is 3.08. The molecule has 8 nitrogen and oxygen atoms in total. The summed E-state index contributed by atoms with van der Waals surface area (Å²) in [6, 6.07) is 16.2. The van der Waals surface area contributed by atoms with Gasteiger partial charge in [-0.15, -0.1) is 5.10 Å². The monoisotopic (exact) mass is 388 g/mol. The number of anilines is 1. The van der Waals surface area contributed by atoms with E-state index in [1.165, 1.54) is 0 Å². The summed E-state index contributed by atoms with van der Waals surface area (Å²) in [4.78, 5) is 17.1. The number of nitrogens with one attached hydrogen (secondary N) is 1. The number of hydrogen-bond acceptors (Lipinski definition) is 6. The van der Waals surface area contributed by atoms with Crippen molar-refractivity contribution in [1.82, 2.24) is 14.6 Å². The van der Waals surface area contributed by atoms with Crippen LogP contribution >= 0.6 is 0 Å². The number of ether oxygens (including phenoxy) is 3. The Bertz CT molecular complexity index is 1220. The van der Waals surface area contributed by atoms with Crippen molar-refractivity contribution < 1.29 is 19.0 Å². The highest BCUT2D eigenvalue weighted by molar-refractivity contribution is 6.04. The topological polar surface area (TPSA) is 87.0 Å². The molecular weight excluding hydrogens is 372 g/mol. The molecular formula is C21H16N4O4. The second-order valence-electron chi connectivity index (χ2n) is 6.40. The Morgan fingerprint density at radius 3 is 2.72 bits per heavy atom. The Morgan fingerprint density at radius 2 is 1.90 bits per heavy atom. The van der Waals surface area contributed by atoms with Crippen molar-refractivity contribution in [2.24, 2.45) is 0 Å². The van der Waals surface area contributed by atoms with Crippen molar-refractivity contribution >= 4 is 17.2 Å². The van der Waals surface area contributed by atoms with E-state index in [2.05, 4.69) is 15.4 Å². The molecule has 3 heterocycles. The number of imidazole rings is 1. The molecule has 1 aliphatic rings. The SMILES string of the molecule is COc1ccc2nc(-c3ccc(NC(=O)c4ccc5c(c4)OCO5)cc3)cn2n1. The molecule has 4 aromatic rings. The number of amides is 1. The summed E-state index contributed by atoms with van der Waals surface area (Å²) in [6.07, 6.45) is 1.83. The number of hydrogen-bond donors (Lipinski definition) is 1. The molecule has 0 bridgehead atoms. The lowest BCUT2D eigenvalue weighted by Crippen LogP contribution is -2.11. The third-order valence-corrected chi connectivity index (χ3v) is 4.58. The van der Waals surface area contributed by atoms with Crippen molar-refractivity contribution in [3.63, 3.8) is 0 Å². The van der Waals surface area contributed by atoms with E-state index in [0.29, 0.717) is 28.6 Å². The Labute approximate surface area is 165 Å². The van der Waals surface area contributed by atoms with Gasteiger partial charge in [0.1, 0.15) is 0 Å². The zero-order valence-corrected chi connectivity index (χ0v) is 15.5. The molecule has 1 aliphatic heterocycles. The van der Waals surface area contributed by atoms with Crippen LogP contribution in [0.5, 0.6) is 17.4 Å². The second-order valence-corrected chi connectivity index (χ2v) is 6.40. The van der Waals surface area contributed by atoms with Crippen molar-refractivity contribution in [3.8, 4) is 28.6 Å². The number of methoxy groups -OCH3 is 1. The van der Waals surface area contributed by atoms with Crippen LogP contribution in [0.25, 0.3) is 16.9 Å². The maximum atomic E-state index is 12.5. The summed E-state index contributed by atoms with van der Waals surface area (Å²) in [6.45, 7) is 0.174. The maximum absolute atomic E-state index is 12.5. The van der Waals surface area contributed by atoms with Crippen LogP contribution in [0.2, 0.25) is 0 Å². The van der Waals surface area contributed by atoms with E-state index in [-0.39, 0.29) is 12.7 Å². The summed E-state index contributed by atoms with van der Waals surface area (Å²) in [5.74, 6) is 1.51. The summed E-state index contributed by atoms with van der Waals surface area (Å²) in [5, 5.41) is 7.19. The third kappa shape index (κ3) is 3.20. The van der Waals surface area contributed by atoms with Gasteiger partial charge in [-0.05, 0) is 36.4 Å². The van der Waals surface area contributed by atoms with E-state index in [1.807, 2.05) is 36.5 Å². The maximum Gasteiger partial charge on any atom is 0.255 e. The fraction of sp³-hybridized carbons (Fsp3) is 0.0952. The normalized spacial score (nSPS) is 12.2. The average Bonchev–Trinajstić information content (AvgIpc) is 3.39. The van der Waals surface area contributed by atoms with E-state index >= 15 is 0 Å². The molecule has 0 atom stereocenters. The number of rotatable bonds is 4. The van der Waals surface area contributed by atoms with Gasteiger partial charge in [0.2, 0.25) is 12.7 Å². The molecule has 144 valence electrons. The molecule has 0 fully saturated rings. The summed E-state index contributed by atoms with van der Waals surface area (Å²) < 4.78 is 17.4. The standard InChI is InChI=1S/C21H16N4O4/c1-27-20-9-8-19-23-16(11-25(19)24-20)13-2-5-15(6-3-13)22-21(26)14-4-7-17-18(10-14)29-12-28-17/h2-11H,12H2,1H3,(H,22,26). The average molecular weight is 388 g/mol. The van der Waals surface area contributed by atoms with Gasteiger partial charge < -0.3 is 19.5 Å². The molecule has 2 aromatic heterocycles. The minimum Gasteiger partial charge on any atom is -0.480 e. The highest BCUT2D eigenvalue weighted by Gasteiger charge is 2.16. The van der Waals surface area contributed by atoms with Gasteiger partial charge in [-0.2, -0.15) is 0 Å². The Morgan fingerprint density at radius 1 is 1.07 bits per heavy atom. The van der Waals surface area contributed by atoms with Gasteiger partial charge in [0.25, 0.3) is 5.91 Å². The van der Waals surface area contributed by atoms with Crippen LogP contribution in [0.3, 0.4) is 0 Å². The molecule has 0 spiro atoms. The molecule has 8 heteroatoms. The smallest absolute Gasteiger partial charge is 0.255 e. The molecule has 1 N–H and O–H groups in total. The second kappa shape index (κ2) is 6.83. The van der Waals surface area contributed by atoms with E-state index in [4.69, 9.17) is 14.2 Å². The van der Waals surface area contributed by atoms with Crippen LogP contribution in [0.1, 0.15) is 10.4 Å². The lowest BCUT2D eigenvalue weighted by atomic mass is 10.1. The molecule has 0 radical (unpaired) electrons. The summed E-state index contributed by atoms with van der Waals surface area (Å²) in [7, 11) is 1.57. The van der Waals surface area contributed by atoms with Crippen LogP contribution in [0.4, 0.5) is 5.69 Å².